The minimum absolute atomic E-state index is 0.0795. The molecule has 0 radical (unpaired) electrons. The number of benzene rings is 2. The van der Waals surface area contributed by atoms with Crippen molar-refractivity contribution in [2.45, 2.75) is 32.3 Å². The highest BCUT2D eigenvalue weighted by atomic mass is 16.5. The molecule has 1 aliphatic rings. The summed E-state index contributed by atoms with van der Waals surface area (Å²) >= 11 is 0. The Balaban J connectivity index is 1.49. The topological polar surface area (TPSA) is 114 Å². The minimum atomic E-state index is -0.399. The van der Waals surface area contributed by atoms with E-state index >= 15 is 0 Å². The van der Waals surface area contributed by atoms with Crippen LogP contribution >= 0.6 is 0 Å². The zero-order chi connectivity index (χ0) is 23.2. The molecule has 1 heterocycles. The maximum absolute atomic E-state index is 12.2. The summed E-state index contributed by atoms with van der Waals surface area (Å²) in [5, 5.41) is 12.5. The van der Waals surface area contributed by atoms with Gasteiger partial charge in [-0.15, -0.1) is 0 Å². The van der Waals surface area contributed by atoms with Gasteiger partial charge in [0.1, 0.15) is 12.4 Å². The molecule has 0 amide bonds. The number of methoxy groups -OCH3 is 1. The van der Waals surface area contributed by atoms with Crippen molar-refractivity contribution in [1.29, 1.82) is 5.26 Å². The first-order valence-electron chi connectivity index (χ1n) is 10.6. The summed E-state index contributed by atoms with van der Waals surface area (Å²) in [5.41, 5.74) is 3.68. The van der Waals surface area contributed by atoms with Crippen LogP contribution in [-0.2, 0) is 17.8 Å². The van der Waals surface area contributed by atoms with Crippen LogP contribution in [0.25, 0.3) is 0 Å². The molecule has 0 saturated carbocycles. The lowest BCUT2D eigenvalue weighted by Crippen LogP contribution is -2.07. The van der Waals surface area contributed by atoms with E-state index in [-0.39, 0.29) is 12.4 Å². The lowest BCUT2D eigenvalue weighted by atomic mass is 10.1. The van der Waals surface area contributed by atoms with Crippen LogP contribution in [0, 0.1) is 11.3 Å². The standard InChI is InChI=1S/C25H22N4O4/c1-32-24(31)18-8-6-16(7-9-18)15-33-20-11-17(13-26)10-19(12-20)28-25-27-14-21-22(29-25)4-2-3-5-23(21)30/h6-12,14H,2-5,15H2,1H3,(H,27,28,29). The summed E-state index contributed by atoms with van der Waals surface area (Å²) in [6.45, 7) is 0.257. The molecule has 8 heteroatoms. The number of hydrogen-bond donors (Lipinski definition) is 1. The molecule has 1 aliphatic carbocycles. The van der Waals surface area contributed by atoms with Crippen LogP contribution in [0.3, 0.4) is 0 Å². The molecule has 33 heavy (non-hydrogen) atoms. The van der Waals surface area contributed by atoms with E-state index in [0.717, 1.165) is 30.5 Å². The summed E-state index contributed by atoms with van der Waals surface area (Å²) in [7, 11) is 1.34. The van der Waals surface area contributed by atoms with E-state index in [4.69, 9.17) is 9.47 Å². The number of fused-ring (bicyclic) bond motifs is 1. The Morgan fingerprint density at radius 3 is 2.70 bits per heavy atom. The van der Waals surface area contributed by atoms with E-state index in [1.54, 1.807) is 48.7 Å². The van der Waals surface area contributed by atoms with E-state index in [1.807, 2.05) is 0 Å². The van der Waals surface area contributed by atoms with Gasteiger partial charge in [-0.05, 0) is 49.1 Å². The van der Waals surface area contributed by atoms with Gasteiger partial charge in [0.05, 0.1) is 35.6 Å². The number of ether oxygens (including phenoxy) is 2. The molecule has 0 atom stereocenters. The first kappa shape index (κ1) is 22.0. The van der Waals surface area contributed by atoms with Crippen molar-refractivity contribution in [2.75, 3.05) is 12.4 Å². The first-order chi connectivity index (χ1) is 16.1. The number of carbonyl (C=O) groups is 2. The van der Waals surface area contributed by atoms with E-state index in [1.165, 1.54) is 7.11 Å². The fraction of sp³-hybridized carbons (Fsp3) is 0.240. The Kier molecular flexibility index (Phi) is 6.60. The number of hydrogen-bond acceptors (Lipinski definition) is 8. The van der Waals surface area contributed by atoms with Crippen molar-refractivity contribution in [3.05, 3.63) is 76.6 Å². The van der Waals surface area contributed by atoms with Gasteiger partial charge in [0.25, 0.3) is 0 Å². The van der Waals surface area contributed by atoms with Gasteiger partial charge in [0, 0.05) is 24.4 Å². The van der Waals surface area contributed by atoms with Crippen LogP contribution in [0.15, 0.2) is 48.7 Å². The Morgan fingerprint density at radius 1 is 1.15 bits per heavy atom. The largest absolute Gasteiger partial charge is 0.489 e. The number of ketones is 1. The number of aromatic nitrogens is 2. The molecule has 0 bridgehead atoms. The van der Waals surface area contributed by atoms with Crippen LogP contribution < -0.4 is 10.1 Å². The molecule has 2 aromatic carbocycles. The molecule has 166 valence electrons. The number of esters is 1. The third-order valence-corrected chi connectivity index (χ3v) is 5.31. The van der Waals surface area contributed by atoms with Gasteiger partial charge in [-0.25, -0.2) is 14.8 Å². The molecule has 0 fully saturated rings. The molecular weight excluding hydrogens is 420 g/mol. The van der Waals surface area contributed by atoms with Gasteiger partial charge in [0.15, 0.2) is 5.78 Å². The van der Waals surface area contributed by atoms with Crippen molar-refractivity contribution in [3.8, 4) is 11.8 Å². The average Bonchev–Trinajstić information content (AvgIpc) is 3.03. The number of Topliss-reactive ketones (excluding diaryl/α,β-unsaturated/α-hetero) is 1. The number of rotatable bonds is 6. The zero-order valence-corrected chi connectivity index (χ0v) is 18.1. The van der Waals surface area contributed by atoms with Gasteiger partial charge < -0.3 is 14.8 Å². The fourth-order valence-electron chi connectivity index (χ4n) is 3.58. The molecule has 0 spiro atoms. The van der Waals surface area contributed by atoms with E-state index in [0.29, 0.717) is 40.5 Å². The van der Waals surface area contributed by atoms with Crippen molar-refractivity contribution < 1.29 is 19.1 Å². The monoisotopic (exact) mass is 442 g/mol. The highest BCUT2D eigenvalue weighted by Gasteiger charge is 2.18. The molecule has 1 aromatic heterocycles. The van der Waals surface area contributed by atoms with Crippen LogP contribution in [0.4, 0.5) is 11.6 Å². The average molecular weight is 442 g/mol. The molecule has 0 saturated heterocycles. The summed E-state index contributed by atoms with van der Waals surface area (Å²) in [5.74, 6) is 0.543. The Morgan fingerprint density at radius 2 is 1.94 bits per heavy atom. The second-order valence-electron chi connectivity index (χ2n) is 7.64. The zero-order valence-electron chi connectivity index (χ0n) is 18.1. The maximum Gasteiger partial charge on any atom is 0.337 e. The van der Waals surface area contributed by atoms with E-state index in [2.05, 4.69) is 21.4 Å². The Bertz CT molecular complexity index is 1230. The van der Waals surface area contributed by atoms with E-state index < -0.39 is 5.97 Å². The summed E-state index contributed by atoms with van der Waals surface area (Å²) < 4.78 is 10.6. The molecular formula is C25H22N4O4. The first-order valence-corrected chi connectivity index (χ1v) is 10.6. The molecule has 1 N–H and O–H groups in total. The molecule has 0 aliphatic heterocycles. The van der Waals surface area contributed by atoms with Gasteiger partial charge in [-0.1, -0.05) is 12.1 Å². The van der Waals surface area contributed by atoms with Crippen LogP contribution in [0.5, 0.6) is 5.75 Å². The number of nitrogens with one attached hydrogen (secondary N) is 1. The van der Waals surface area contributed by atoms with Gasteiger partial charge in [-0.2, -0.15) is 5.26 Å². The molecule has 0 unspecified atom stereocenters. The number of nitrogens with zero attached hydrogens (tertiary/aromatic N) is 3. The van der Waals surface area contributed by atoms with E-state index in [9.17, 15) is 14.9 Å². The predicted octanol–water partition coefficient (Wildman–Crippen LogP) is 4.37. The third kappa shape index (κ3) is 5.33. The highest BCUT2D eigenvalue weighted by molar-refractivity contribution is 5.97. The molecule has 3 aromatic rings. The Labute approximate surface area is 191 Å². The van der Waals surface area contributed by atoms with Crippen molar-refractivity contribution in [3.63, 3.8) is 0 Å². The highest BCUT2D eigenvalue weighted by Crippen LogP contribution is 2.25. The smallest absolute Gasteiger partial charge is 0.337 e. The molecule has 4 rings (SSSR count). The molecule has 8 nitrogen and oxygen atoms in total. The third-order valence-electron chi connectivity index (χ3n) is 5.31. The van der Waals surface area contributed by atoms with Crippen molar-refractivity contribution in [1.82, 2.24) is 9.97 Å². The number of carbonyl (C=O) groups excluding carboxylic acids is 2. The second-order valence-corrected chi connectivity index (χ2v) is 7.64. The number of aryl methyl sites for hydroxylation is 1. The van der Waals surface area contributed by atoms with Crippen LogP contribution in [-0.4, -0.2) is 28.8 Å². The lowest BCUT2D eigenvalue weighted by molar-refractivity contribution is 0.0600. The summed E-state index contributed by atoms with van der Waals surface area (Å²) in [4.78, 5) is 32.5. The number of nitriles is 1. The van der Waals surface area contributed by atoms with Crippen molar-refractivity contribution >= 4 is 23.4 Å². The quantitative estimate of drug-likeness (QED) is 0.442. The lowest BCUT2D eigenvalue weighted by Gasteiger charge is -2.12. The predicted molar refractivity (Wildman–Crippen MR) is 120 cm³/mol. The van der Waals surface area contributed by atoms with Crippen molar-refractivity contribution in [2.24, 2.45) is 0 Å². The summed E-state index contributed by atoms with van der Waals surface area (Å²) in [6, 6.07) is 14.1. The minimum Gasteiger partial charge on any atom is -0.489 e. The van der Waals surface area contributed by atoms with Gasteiger partial charge in [0.2, 0.25) is 5.95 Å². The fourth-order valence-corrected chi connectivity index (χ4v) is 3.58. The normalized spacial score (nSPS) is 12.8. The Hall–Kier alpha value is -4.25. The van der Waals surface area contributed by atoms with Gasteiger partial charge in [-0.3, -0.25) is 4.79 Å². The number of anilines is 2. The van der Waals surface area contributed by atoms with Gasteiger partial charge >= 0.3 is 5.97 Å². The van der Waals surface area contributed by atoms with Crippen LogP contribution in [0.2, 0.25) is 0 Å². The maximum atomic E-state index is 12.2. The van der Waals surface area contributed by atoms with Crippen LogP contribution in [0.1, 0.15) is 56.8 Å². The SMILES string of the molecule is COC(=O)c1ccc(COc2cc(C#N)cc(Nc3ncc4c(n3)CCCCC4=O)c2)cc1. The summed E-state index contributed by atoms with van der Waals surface area (Å²) in [6.07, 6.45) is 4.60. The second kappa shape index (κ2) is 9.92.